The average Bonchev–Trinajstić information content (AvgIpc) is 2.69. The summed E-state index contributed by atoms with van der Waals surface area (Å²) in [6.07, 6.45) is 2.09. The molecule has 0 fully saturated rings. The molecule has 0 saturated heterocycles. The highest BCUT2D eigenvalue weighted by molar-refractivity contribution is 7.99. The number of ether oxygens (including phenoxy) is 1. The molecule has 5 heteroatoms. The predicted molar refractivity (Wildman–Crippen MR) is 74.1 cm³/mol. The van der Waals surface area contributed by atoms with Crippen LogP contribution in [0, 0.1) is 6.92 Å². The van der Waals surface area contributed by atoms with E-state index in [9.17, 15) is 4.79 Å². The normalized spacial score (nSPS) is 11.6. The molecule has 0 radical (unpaired) electrons. The number of rotatable bonds is 6. The topological polar surface area (TPSA) is 51.5 Å². The first-order valence-electron chi connectivity index (χ1n) is 5.83. The first-order valence-corrected chi connectivity index (χ1v) is 7.05. The van der Waals surface area contributed by atoms with Crippen molar-refractivity contribution in [2.45, 2.75) is 32.1 Å². The van der Waals surface area contributed by atoms with Gasteiger partial charge in [0.15, 0.2) is 0 Å². The molecule has 0 spiro atoms. The van der Waals surface area contributed by atoms with Gasteiger partial charge < -0.3 is 14.5 Å². The fourth-order valence-electron chi connectivity index (χ4n) is 1.50. The lowest BCUT2D eigenvalue weighted by molar-refractivity contribution is 0.0599. The third kappa shape index (κ3) is 4.07. The van der Waals surface area contributed by atoms with Crippen LogP contribution in [0.1, 0.15) is 35.7 Å². The molecule has 0 aliphatic carbocycles. The summed E-state index contributed by atoms with van der Waals surface area (Å²) in [5.41, 5.74) is 0.499. The lowest BCUT2D eigenvalue weighted by Crippen LogP contribution is -2.31. The van der Waals surface area contributed by atoms with Gasteiger partial charge in [0.1, 0.15) is 17.1 Å². The van der Waals surface area contributed by atoms with Crippen LogP contribution in [0.2, 0.25) is 0 Å². The van der Waals surface area contributed by atoms with Gasteiger partial charge in [0.05, 0.1) is 13.7 Å². The third-order valence-electron chi connectivity index (χ3n) is 2.78. The van der Waals surface area contributed by atoms with Gasteiger partial charge >= 0.3 is 5.97 Å². The first kappa shape index (κ1) is 15.1. The molecule has 102 valence electrons. The van der Waals surface area contributed by atoms with Gasteiger partial charge in [-0.15, -0.1) is 0 Å². The summed E-state index contributed by atoms with van der Waals surface area (Å²) in [4.78, 5) is 11.4. The minimum Gasteiger partial charge on any atom is -0.465 e. The maximum Gasteiger partial charge on any atom is 0.341 e. The molecule has 18 heavy (non-hydrogen) atoms. The van der Waals surface area contributed by atoms with Crippen molar-refractivity contribution in [3.63, 3.8) is 0 Å². The zero-order chi connectivity index (χ0) is 13.8. The Kier molecular flexibility index (Phi) is 5.28. The van der Waals surface area contributed by atoms with Gasteiger partial charge in [0, 0.05) is 11.3 Å². The molecule has 0 aliphatic rings. The zero-order valence-corrected chi connectivity index (χ0v) is 12.4. The van der Waals surface area contributed by atoms with Crippen LogP contribution in [0.15, 0.2) is 10.5 Å². The number of carbonyl (C=O) groups is 1. The van der Waals surface area contributed by atoms with E-state index in [1.807, 2.05) is 11.8 Å². The molecule has 0 aliphatic heterocycles. The smallest absolute Gasteiger partial charge is 0.341 e. The Morgan fingerprint density at radius 3 is 2.78 bits per heavy atom. The summed E-state index contributed by atoms with van der Waals surface area (Å²) in [5.74, 6) is 1.000. The standard InChI is InChI=1S/C13H21NO3S/c1-9-11(12(15)16-4)6-10(17-9)7-14-8-13(2,3)18-5/h6,14H,7-8H2,1-5H3. The van der Waals surface area contributed by atoms with Gasteiger partial charge in [-0.25, -0.2) is 4.79 Å². The first-order chi connectivity index (χ1) is 8.39. The second-order valence-corrected chi connectivity index (χ2v) is 6.25. The predicted octanol–water partition coefficient (Wildman–Crippen LogP) is 2.61. The Morgan fingerprint density at radius 2 is 2.22 bits per heavy atom. The number of aryl methyl sites for hydroxylation is 1. The van der Waals surface area contributed by atoms with E-state index in [-0.39, 0.29) is 10.7 Å². The largest absolute Gasteiger partial charge is 0.465 e. The fraction of sp³-hybridized carbons (Fsp3) is 0.615. The van der Waals surface area contributed by atoms with E-state index < -0.39 is 0 Å². The van der Waals surface area contributed by atoms with Gasteiger partial charge in [-0.3, -0.25) is 0 Å². The summed E-state index contributed by atoms with van der Waals surface area (Å²) in [6, 6.07) is 1.74. The highest BCUT2D eigenvalue weighted by Gasteiger charge is 2.17. The molecule has 1 N–H and O–H groups in total. The number of nitrogens with one attached hydrogen (secondary N) is 1. The van der Waals surface area contributed by atoms with E-state index in [1.165, 1.54) is 7.11 Å². The van der Waals surface area contributed by atoms with E-state index in [4.69, 9.17) is 4.42 Å². The second kappa shape index (κ2) is 6.29. The van der Waals surface area contributed by atoms with Crippen molar-refractivity contribution in [2.75, 3.05) is 19.9 Å². The lowest BCUT2D eigenvalue weighted by Gasteiger charge is -2.21. The number of esters is 1. The Morgan fingerprint density at radius 1 is 1.56 bits per heavy atom. The van der Waals surface area contributed by atoms with Crippen LogP contribution in [-0.2, 0) is 11.3 Å². The highest BCUT2D eigenvalue weighted by atomic mass is 32.2. The molecule has 1 heterocycles. The molecule has 1 rings (SSSR count). The van der Waals surface area contributed by atoms with Gasteiger partial charge in [-0.1, -0.05) is 0 Å². The van der Waals surface area contributed by atoms with Crippen LogP contribution in [-0.4, -0.2) is 30.6 Å². The molecular weight excluding hydrogens is 250 g/mol. The van der Waals surface area contributed by atoms with Crippen LogP contribution in [0.4, 0.5) is 0 Å². The molecule has 1 aromatic heterocycles. The Hall–Kier alpha value is -0.940. The molecule has 0 unspecified atom stereocenters. The average molecular weight is 271 g/mol. The van der Waals surface area contributed by atoms with Crippen molar-refractivity contribution in [2.24, 2.45) is 0 Å². The summed E-state index contributed by atoms with van der Waals surface area (Å²) < 4.78 is 10.4. The highest BCUT2D eigenvalue weighted by Crippen LogP contribution is 2.20. The van der Waals surface area contributed by atoms with Gasteiger partial charge in [0.25, 0.3) is 0 Å². The maximum absolute atomic E-state index is 11.4. The van der Waals surface area contributed by atoms with Gasteiger partial charge in [-0.2, -0.15) is 11.8 Å². The van der Waals surface area contributed by atoms with Crippen LogP contribution in [0.5, 0.6) is 0 Å². The van der Waals surface area contributed by atoms with E-state index in [0.717, 1.165) is 12.3 Å². The van der Waals surface area contributed by atoms with Crippen LogP contribution in [0.25, 0.3) is 0 Å². The van der Waals surface area contributed by atoms with Crippen molar-refractivity contribution in [3.8, 4) is 0 Å². The molecule has 0 bridgehead atoms. The molecule has 0 saturated carbocycles. The lowest BCUT2D eigenvalue weighted by atomic mass is 10.2. The van der Waals surface area contributed by atoms with Crippen LogP contribution >= 0.6 is 11.8 Å². The molecule has 0 aromatic carbocycles. The number of hydrogen-bond donors (Lipinski definition) is 1. The third-order valence-corrected chi connectivity index (χ3v) is 4.03. The van der Waals surface area contributed by atoms with E-state index in [0.29, 0.717) is 17.9 Å². The van der Waals surface area contributed by atoms with Crippen molar-refractivity contribution in [1.29, 1.82) is 0 Å². The Bertz CT molecular complexity index is 412. The minimum atomic E-state index is -0.355. The summed E-state index contributed by atoms with van der Waals surface area (Å²) in [6.45, 7) is 7.61. The van der Waals surface area contributed by atoms with Crippen molar-refractivity contribution in [1.82, 2.24) is 5.32 Å². The van der Waals surface area contributed by atoms with E-state index in [2.05, 4.69) is 30.2 Å². The summed E-state index contributed by atoms with van der Waals surface area (Å²) in [5, 5.41) is 3.32. The number of furan rings is 1. The Balaban J connectivity index is 2.57. The monoisotopic (exact) mass is 271 g/mol. The molecule has 0 amide bonds. The number of methoxy groups -OCH3 is 1. The number of carbonyl (C=O) groups excluding carboxylic acids is 1. The van der Waals surface area contributed by atoms with Crippen molar-refractivity contribution in [3.05, 3.63) is 23.2 Å². The zero-order valence-electron chi connectivity index (χ0n) is 11.6. The van der Waals surface area contributed by atoms with Gasteiger partial charge in [-0.05, 0) is 33.1 Å². The molecule has 1 aromatic rings. The second-order valence-electron chi connectivity index (χ2n) is 4.74. The summed E-state index contributed by atoms with van der Waals surface area (Å²) >= 11 is 1.81. The minimum absolute atomic E-state index is 0.187. The summed E-state index contributed by atoms with van der Waals surface area (Å²) in [7, 11) is 1.37. The number of hydrogen-bond acceptors (Lipinski definition) is 5. The molecule has 4 nitrogen and oxygen atoms in total. The van der Waals surface area contributed by atoms with Gasteiger partial charge in [0.2, 0.25) is 0 Å². The molecular formula is C13H21NO3S. The van der Waals surface area contributed by atoms with Crippen LogP contribution < -0.4 is 5.32 Å². The quantitative estimate of drug-likeness (QED) is 0.806. The Labute approximate surface area is 112 Å². The van der Waals surface area contributed by atoms with E-state index in [1.54, 1.807) is 13.0 Å². The molecule has 0 atom stereocenters. The van der Waals surface area contributed by atoms with Crippen LogP contribution in [0.3, 0.4) is 0 Å². The van der Waals surface area contributed by atoms with E-state index >= 15 is 0 Å². The van der Waals surface area contributed by atoms with Crippen molar-refractivity contribution >= 4 is 17.7 Å². The maximum atomic E-state index is 11.4. The van der Waals surface area contributed by atoms with Crippen molar-refractivity contribution < 1.29 is 13.9 Å². The fourth-order valence-corrected chi connectivity index (χ4v) is 1.75. The SMILES string of the molecule is COC(=O)c1cc(CNCC(C)(C)SC)oc1C. The number of thioether (sulfide) groups is 1.